The zero-order valence-corrected chi connectivity index (χ0v) is 9.93. The summed E-state index contributed by atoms with van der Waals surface area (Å²) in [4.78, 5) is 13.3. The fourth-order valence-corrected chi connectivity index (χ4v) is 1.93. The predicted molar refractivity (Wildman–Crippen MR) is 58.5 cm³/mol. The molecule has 0 saturated carbocycles. The quantitative estimate of drug-likeness (QED) is 0.532. The lowest BCUT2D eigenvalue weighted by Gasteiger charge is -2.36. The zero-order valence-electron chi connectivity index (χ0n) is 7.77. The van der Waals surface area contributed by atoms with E-state index < -0.39 is 0 Å². The highest BCUT2D eigenvalue weighted by molar-refractivity contribution is 14.1. The van der Waals surface area contributed by atoms with Crippen LogP contribution in [0.4, 0.5) is 0 Å². The van der Waals surface area contributed by atoms with Gasteiger partial charge in [0.15, 0.2) is 0 Å². The van der Waals surface area contributed by atoms with Crippen molar-refractivity contribution in [3.63, 3.8) is 0 Å². The van der Waals surface area contributed by atoms with Crippen LogP contribution in [0.1, 0.15) is 26.7 Å². The zero-order chi connectivity index (χ0) is 9.19. The minimum atomic E-state index is 0.297. The van der Waals surface area contributed by atoms with Crippen LogP contribution in [-0.4, -0.2) is 28.3 Å². The number of amides is 1. The highest BCUT2D eigenvalue weighted by Gasteiger charge is 2.26. The molecular weight excluding hydrogens is 265 g/mol. The van der Waals surface area contributed by atoms with Crippen molar-refractivity contribution in [3.8, 4) is 0 Å². The lowest BCUT2D eigenvalue weighted by atomic mass is 9.83. The molecule has 1 amide bonds. The lowest BCUT2D eigenvalue weighted by Crippen LogP contribution is -2.41. The highest BCUT2D eigenvalue weighted by atomic mass is 127. The average Bonchev–Trinajstić information content (AvgIpc) is 2.03. The first-order valence-electron chi connectivity index (χ1n) is 4.39. The number of carbonyl (C=O) groups is 1. The van der Waals surface area contributed by atoms with E-state index in [4.69, 9.17) is 0 Å². The molecule has 2 nitrogen and oxygen atoms in total. The topological polar surface area (TPSA) is 20.3 Å². The first-order chi connectivity index (χ1) is 5.55. The van der Waals surface area contributed by atoms with Crippen molar-refractivity contribution in [1.29, 1.82) is 0 Å². The number of halogens is 1. The van der Waals surface area contributed by atoms with E-state index in [0.29, 0.717) is 15.7 Å². The van der Waals surface area contributed by atoms with Crippen molar-refractivity contribution >= 4 is 28.5 Å². The monoisotopic (exact) mass is 281 g/mol. The second-order valence-corrected chi connectivity index (χ2v) is 4.94. The molecule has 70 valence electrons. The third-order valence-corrected chi connectivity index (χ3v) is 3.24. The van der Waals surface area contributed by atoms with Gasteiger partial charge in [0.2, 0.25) is 5.91 Å². The molecule has 0 atom stereocenters. The molecule has 0 spiro atoms. The molecule has 0 aliphatic carbocycles. The SMILES string of the molecule is CC1(C)CCN(C(=O)CI)CC1. The van der Waals surface area contributed by atoms with Gasteiger partial charge in [-0.2, -0.15) is 0 Å². The molecule has 1 rings (SSSR count). The number of nitrogens with zero attached hydrogens (tertiary/aromatic N) is 1. The largest absolute Gasteiger partial charge is 0.342 e. The van der Waals surface area contributed by atoms with E-state index in [1.54, 1.807) is 0 Å². The van der Waals surface area contributed by atoms with Crippen LogP contribution in [0.3, 0.4) is 0 Å². The first-order valence-corrected chi connectivity index (χ1v) is 5.91. The molecule has 3 heteroatoms. The number of rotatable bonds is 1. The molecule has 0 aromatic carbocycles. The van der Waals surface area contributed by atoms with E-state index in [1.807, 2.05) is 4.90 Å². The molecule has 0 radical (unpaired) electrons. The number of carbonyl (C=O) groups excluding carboxylic acids is 1. The Morgan fingerprint density at radius 1 is 1.42 bits per heavy atom. The van der Waals surface area contributed by atoms with Gasteiger partial charge in [0.1, 0.15) is 0 Å². The summed E-state index contributed by atoms with van der Waals surface area (Å²) in [5.41, 5.74) is 0.446. The van der Waals surface area contributed by atoms with Gasteiger partial charge in [0.25, 0.3) is 0 Å². The van der Waals surface area contributed by atoms with Crippen LogP contribution < -0.4 is 0 Å². The van der Waals surface area contributed by atoms with E-state index in [0.717, 1.165) is 25.9 Å². The van der Waals surface area contributed by atoms with Crippen LogP contribution >= 0.6 is 22.6 Å². The minimum Gasteiger partial charge on any atom is -0.342 e. The number of hydrogen-bond acceptors (Lipinski definition) is 1. The third-order valence-electron chi connectivity index (χ3n) is 2.58. The Bertz CT molecular complexity index is 169. The Morgan fingerprint density at radius 3 is 2.33 bits per heavy atom. The summed E-state index contributed by atoms with van der Waals surface area (Å²) in [6.07, 6.45) is 2.30. The van der Waals surface area contributed by atoms with Crippen LogP contribution in [0.15, 0.2) is 0 Å². The van der Waals surface area contributed by atoms with Gasteiger partial charge in [-0.15, -0.1) is 0 Å². The number of piperidine rings is 1. The van der Waals surface area contributed by atoms with Gasteiger partial charge in [0, 0.05) is 13.1 Å². The van der Waals surface area contributed by atoms with Gasteiger partial charge < -0.3 is 4.90 Å². The molecule has 1 aliphatic heterocycles. The second-order valence-electron chi connectivity index (χ2n) is 4.18. The van der Waals surface area contributed by atoms with Crippen molar-refractivity contribution in [3.05, 3.63) is 0 Å². The fourth-order valence-electron chi connectivity index (χ4n) is 1.45. The third kappa shape index (κ3) is 2.61. The summed E-state index contributed by atoms with van der Waals surface area (Å²) in [6, 6.07) is 0. The fraction of sp³-hybridized carbons (Fsp3) is 0.889. The van der Waals surface area contributed by atoms with Crippen molar-refractivity contribution in [2.75, 3.05) is 17.5 Å². The average molecular weight is 281 g/mol. The van der Waals surface area contributed by atoms with Gasteiger partial charge >= 0.3 is 0 Å². The Morgan fingerprint density at radius 2 is 1.92 bits per heavy atom. The molecule has 1 aliphatic rings. The Labute approximate surface area is 87.8 Å². The van der Waals surface area contributed by atoms with Gasteiger partial charge in [-0.25, -0.2) is 0 Å². The van der Waals surface area contributed by atoms with Gasteiger partial charge in [-0.1, -0.05) is 36.4 Å². The predicted octanol–water partition coefficient (Wildman–Crippen LogP) is 2.07. The van der Waals surface area contributed by atoms with E-state index in [1.165, 1.54) is 0 Å². The summed E-state index contributed by atoms with van der Waals surface area (Å²) in [6.45, 7) is 6.46. The van der Waals surface area contributed by atoms with Crippen LogP contribution in [0.2, 0.25) is 0 Å². The summed E-state index contributed by atoms with van der Waals surface area (Å²) >= 11 is 2.13. The molecule has 12 heavy (non-hydrogen) atoms. The van der Waals surface area contributed by atoms with Crippen LogP contribution in [0.5, 0.6) is 0 Å². The Hall–Kier alpha value is 0.200. The second kappa shape index (κ2) is 3.94. The summed E-state index contributed by atoms with van der Waals surface area (Å²) in [5.74, 6) is 0.297. The smallest absolute Gasteiger partial charge is 0.232 e. The maximum Gasteiger partial charge on any atom is 0.232 e. The Kier molecular flexibility index (Phi) is 3.37. The molecular formula is C9H16INO. The summed E-state index contributed by atoms with van der Waals surface area (Å²) in [7, 11) is 0. The standard InChI is InChI=1S/C9H16INO/c1-9(2)3-5-11(6-4-9)8(12)7-10/h3-7H2,1-2H3. The van der Waals surface area contributed by atoms with E-state index in [9.17, 15) is 4.79 Å². The molecule has 0 aromatic heterocycles. The number of likely N-dealkylation sites (tertiary alicyclic amines) is 1. The molecule has 0 N–H and O–H groups in total. The molecule has 0 aromatic rings. The van der Waals surface area contributed by atoms with E-state index in [-0.39, 0.29) is 0 Å². The van der Waals surface area contributed by atoms with Gasteiger partial charge in [-0.05, 0) is 18.3 Å². The first kappa shape index (κ1) is 10.3. The van der Waals surface area contributed by atoms with Crippen molar-refractivity contribution < 1.29 is 4.79 Å². The van der Waals surface area contributed by atoms with Crippen molar-refractivity contribution in [2.24, 2.45) is 5.41 Å². The van der Waals surface area contributed by atoms with Crippen LogP contribution in [0, 0.1) is 5.41 Å². The minimum absolute atomic E-state index is 0.297. The molecule has 1 saturated heterocycles. The lowest BCUT2D eigenvalue weighted by molar-refractivity contribution is -0.130. The maximum absolute atomic E-state index is 11.3. The van der Waals surface area contributed by atoms with Crippen molar-refractivity contribution in [1.82, 2.24) is 4.90 Å². The van der Waals surface area contributed by atoms with Crippen molar-refractivity contribution in [2.45, 2.75) is 26.7 Å². The molecule has 1 fully saturated rings. The van der Waals surface area contributed by atoms with E-state index >= 15 is 0 Å². The van der Waals surface area contributed by atoms with Gasteiger partial charge in [0.05, 0.1) is 4.43 Å². The van der Waals surface area contributed by atoms with Crippen LogP contribution in [0.25, 0.3) is 0 Å². The molecule has 0 bridgehead atoms. The maximum atomic E-state index is 11.3. The van der Waals surface area contributed by atoms with Gasteiger partial charge in [-0.3, -0.25) is 4.79 Å². The molecule has 0 unspecified atom stereocenters. The number of alkyl halides is 1. The summed E-state index contributed by atoms with van der Waals surface area (Å²) < 4.78 is 0.623. The molecule has 1 heterocycles. The summed E-state index contributed by atoms with van der Waals surface area (Å²) in [5, 5.41) is 0. The van der Waals surface area contributed by atoms with Crippen LogP contribution in [-0.2, 0) is 4.79 Å². The number of hydrogen-bond donors (Lipinski definition) is 0. The highest BCUT2D eigenvalue weighted by Crippen LogP contribution is 2.29. The Balaban J connectivity index is 2.41. The van der Waals surface area contributed by atoms with E-state index in [2.05, 4.69) is 36.4 Å². The normalized spacial score (nSPS) is 22.4.